The fraction of sp³-hybridized carbons (Fsp3) is 0.515. The number of carbonyl (C=O) groups excluding carboxylic acids is 2. The van der Waals surface area contributed by atoms with Crippen LogP contribution in [0.3, 0.4) is 0 Å². The largest absolute Gasteiger partial charge is 0.446 e. The fourth-order valence-electron chi connectivity index (χ4n) is 5.17. The lowest BCUT2D eigenvalue weighted by molar-refractivity contribution is -0.0911. The normalized spacial score (nSPS) is 18.7. The number of aromatic nitrogens is 2. The maximum absolute atomic E-state index is 15.7. The van der Waals surface area contributed by atoms with Gasteiger partial charge in [0.2, 0.25) is 0 Å². The van der Waals surface area contributed by atoms with Crippen molar-refractivity contribution in [1.29, 1.82) is 0 Å². The maximum atomic E-state index is 15.7. The first-order chi connectivity index (χ1) is 20.6. The highest BCUT2D eigenvalue weighted by atomic mass is 35.5. The molecule has 0 unspecified atom stereocenters. The van der Waals surface area contributed by atoms with Crippen molar-refractivity contribution >= 4 is 54.4 Å². The maximum Gasteiger partial charge on any atom is 0.414 e. The molecule has 0 aliphatic heterocycles. The zero-order valence-electron chi connectivity index (χ0n) is 28.0. The number of anilines is 2. The third-order valence-electron chi connectivity index (χ3n) is 8.54. The van der Waals surface area contributed by atoms with Crippen molar-refractivity contribution in [2.24, 2.45) is 0 Å². The fourth-order valence-corrected chi connectivity index (χ4v) is 7.14. The molecule has 9 nitrogen and oxygen atoms in total. The summed E-state index contributed by atoms with van der Waals surface area (Å²) in [6.45, 7) is 20.2. The van der Waals surface area contributed by atoms with Gasteiger partial charge in [0.15, 0.2) is 8.32 Å². The third kappa shape index (κ3) is 7.58. The van der Waals surface area contributed by atoms with Gasteiger partial charge in [-0.05, 0) is 75.8 Å². The number of benzene rings is 1. The van der Waals surface area contributed by atoms with Gasteiger partial charge in [0.25, 0.3) is 0 Å². The van der Waals surface area contributed by atoms with Gasteiger partial charge in [-0.3, -0.25) is 15.2 Å². The van der Waals surface area contributed by atoms with E-state index in [1.165, 1.54) is 23.5 Å². The molecule has 4 rings (SSSR count). The van der Waals surface area contributed by atoms with E-state index in [0.29, 0.717) is 40.4 Å². The minimum Gasteiger partial charge on any atom is -0.446 e. The monoisotopic (exact) mass is 658 g/mol. The first-order valence-electron chi connectivity index (χ1n) is 15.0. The van der Waals surface area contributed by atoms with Crippen molar-refractivity contribution in [2.75, 3.05) is 17.3 Å². The molecule has 1 aromatic carbocycles. The van der Waals surface area contributed by atoms with E-state index in [1.807, 2.05) is 0 Å². The molecule has 45 heavy (non-hydrogen) atoms. The Morgan fingerprint density at radius 1 is 1.09 bits per heavy atom. The van der Waals surface area contributed by atoms with Crippen LogP contribution in [0, 0.1) is 12.7 Å². The quantitative estimate of drug-likeness (QED) is 0.263. The predicted octanol–water partition coefficient (Wildman–Crippen LogP) is 9.26. The molecule has 2 heterocycles. The van der Waals surface area contributed by atoms with Gasteiger partial charge < -0.3 is 13.9 Å². The van der Waals surface area contributed by atoms with Gasteiger partial charge in [0.1, 0.15) is 23.3 Å². The average molecular weight is 659 g/mol. The number of rotatable bonds is 6. The third-order valence-corrected chi connectivity index (χ3v) is 13.5. The molecule has 1 aliphatic carbocycles. The van der Waals surface area contributed by atoms with Gasteiger partial charge in [-0.15, -0.1) is 0 Å². The zero-order chi connectivity index (χ0) is 33.7. The molecule has 1 N–H and O–H groups in total. The van der Waals surface area contributed by atoms with Crippen molar-refractivity contribution in [3.63, 3.8) is 0 Å². The Bertz CT molecular complexity index is 1630. The van der Waals surface area contributed by atoms with Crippen LogP contribution in [0.1, 0.15) is 66.9 Å². The summed E-state index contributed by atoms with van der Waals surface area (Å²) in [5.41, 5.74) is 0.687. The number of halogens is 2. The number of carbonyl (C=O) groups is 2. The number of hydrogen-bond donors (Lipinski definition) is 1. The highest BCUT2D eigenvalue weighted by molar-refractivity contribution is 6.74. The Hall–Kier alpha value is -3.28. The molecule has 244 valence electrons. The van der Waals surface area contributed by atoms with Gasteiger partial charge in [-0.2, -0.15) is 0 Å². The second-order valence-corrected chi connectivity index (χ2v) is 19.7. The predicted molar refractivity (Wildman–Crippen MR) is 179 cm³/mol. The lowest BCUT2D eigenvalue weighted by Crippen LogP contribution is -2.56. The van der Waals surface area contributed by atoms with E-state index in [2.05, 4.69) is 56.1 Å². The first-order valence-corrected chi connectivity index (χ1v) is 18.3. The van der Waals surface area contributed by atoms with E-state index in [-0.39, 0.29) is 33.1 Å². The van der Waals surface area contributed by atoms with Gasteiger partial charge in [0, 0.05) is 48.8 Å². The van der Waals surface area contributed by atoms with E-state index in [4.69, 9.17) is 25.5 Å². The molecule has 1 fully saturated rings. The van der Waals surface area contributed by atoms with Crippen LogP contribution in [0.5, 0.6) is 0 Å². The number of fused-ring (bicyclic) bond motifs is 1. The smallest absolute Gasteiger partial charge is 0.414 e. The highest BCUT2D eigenvalue weighted by Gasteiger charge is 2.50. The van der Waals surface area contributed by atoms with Gasteiger partial charge in [0.05, 0.1) is 22.5 Å². The lowest BCUT2D eigenvalue weighted by Gasteiger charge is -2.51. The number of pyridine rings is 2. The van der Waals surface area contributed by atoms with Crippen LogP contribution in [-0.2, 0) is 13.9 Å². The summed E-state index contributed by atoms with van der Waals surface area (Å²) in [5, 5.41) is 3.57. The van der Waals surface area contributed by atoms with Crippen LogP contribution in [0.25, 0.3) is 21.9 Å². The summed E-state index contributed by atoms with van der Waals surface area (Å²) < 4.78 is 33.4. The molecule has 2 aromatic heterocycles. The SMILES string of the molecule is Cc1c(-c2cc3cc(NC(=O)OC4CC(C)(O[Si](C)(C)C(C)(C)C)C4)ncc3c(Cl)c2F)cncc1N(C)C(=O)OC(C)(C)C. The Kier molecular flexibility index (Phi) is 9.34. The molecule has 1 saturated carbocycles. The molecule has 0 saturated heterocycles. The van der Waals surface area contributed by atoms with Crippen LogP contribution < -0.4 is 10.2 Å². The minimum atomic E-state index is -1.96. The number of nitrogens with one attached hydrogen (secondary N) is 1. The molecule has 1 aliphatic rings. The number of nitrogens with zero attached hydrogens (tertiary/aromatic N) is 3. The topological polar surface area (TPSA) is 103 Å². The summed E-state index contributed by atoms with van der Waals surface area (Å²) in [6.07, 6.45) is 4.21. The van der Waals surface area contributed by atoms with Gasteiger partial charge in [-0.1, -0.05) is 32.4 Å². The standard InChI is InChI=1S/C33H44ClFN4O5Si/c1-19-23(16-36-18-25(19)39(9)30(41)43-31(2,3)4)22-12-20-13-26(37-17-24(20)27(34)28(22)35)38-29(40)42-21-14-33(8,15-21)44-45(10,11)32(5,6)7/h12-13,16-18,21H,14-15H2,1-11H3,(H,37,38,40). The van der Waals surface area contributed by atoms with E-state index in [1.54, 1.807) is 46.9 Å². The molecule has 12 heteroatoms. The first kappa shape index (κ1) is 34.6. The molecule has 0 radical (unpaired) electrons. The Labute approximate surface area is 270 Å². The molecule has 0 bridgehead atoms. The summed E-state index contributed by atoms with van der Waals surface area (Å²) >= 11 is 6.47. The second kappa shape index (κ2) is 12.1. The number of hydrogen-bond acceptors (Lipinski definition) is 7. The summed E-state index contributed by atoms with van der Waals surface area (Å²) in [4.78, 5) is 35.3. The lowest BCUT2D eigenvalue weighted by atomic mass is 9.79. The molecule has 2 amide bonds. The van der Waals surface area contributed by atoms with Crippen molar-refractivity contribution in [2.45, 2.75) is 104 Å². The number of amides is 2. The highest BCUT2D eigenvalue weighted by Crippen LogP contribution is 2.46. The van der Waals surface area contributed by atoms with E-state index >= 15 is 4.39 Å². The molecule has 3 aromatic rings. The molecule has 0 atom stereocenters. The van der Waals surface area contributed by atoms with E-state index < -0.39 is 31.9 Å². The van der Waals surface area contributed by atoms with Gasteiger partial charge in [-0.25, -0.2) is 19.0 Å². The van der Waals surface area contributed by atoms with E-state index in [9.17, 15) is 9.59 Å². The molecular formula is C33H44ClFN4O5Si. The van der Waals surface area contributed by atoms with Crippen molar-refractivity contribution in [3.8, 4) is 11.1 Å². The van der Waals surface area contributed by atoms with Crippen LogP contribution in [0.15, 0.2) is 30.7 Å². The molecule has 0 spiro atoms. The minimum absolute atomic E-state index is 0.0845. The van der Waals surface area contributed by atoms with Gasteiger partial charge >= 0.3 is 12.2 Å². The van der Waals surface area contributed by atoms with Crippen molar-refractivity contribution < 1.29 is 27.9 Å². The van der Waals surface area contributed by atoms with Crippen LogP contribution in [0.2, 0.25) is 23.2 Å². The Morgan fingerprint density at radius 2 is 1.73 bits per heavy atom. The van der Waals surface area contributed by atoms with E-state index in [0.717, 1.165) is 0 Å². The van der Waals surface area contributed by atoms with Crippen LogP contribution >= 0.6 is 11.6 Å². The summed E-state index contributed by atoms with van der Waals surface area (Å²) in [7, 11) is -0.392. The summed E-state index contributed by atoms with van der Waals surface area (Å²) in [5.74, 6) is -0.421. The Balaban J connectivity index is 1.52. The van der Waals surface area contributed by atoms with Crippen molar-refractivity contribution in [3.05, 3.63) is 47.1 Å². The summed E-state index contributed by atoms with van der Waals surface area (Å²) in [6, 6.07) is 3.22. The molecular weight excluding hydrogens is 615 g/mol. The zero-order valence-corrected chi connectivity index (χ0v) is 29.8. The van der Waals surface area contributed by atoms with Crippen LogP contribution in [0.4, 0.5) is 25.5 Å². The van der Waals surface area contributed by atoms with Crippen LogP contribution in [-0.4, -0.2) is 54.8 Å². The van der Waals surface area contributed by atoms with Crippen molar-refractivity contribution in [1.82, 2.24) is 9.97 Å². The number of ether oxygens (including phenoxy) is 2. The Morgan fingerprint density at radius 3 is 2.33 bits per heavy atom. The second-order valence-electron chi connectivity index (χ2n) is 14.6. The average Bonchev–Trinajstić information content (AvgIpc) is 2.87.